The Morgan fingerprint density at radius 3 is 2.62 bits per heavy atom. The number of alkyl halides is 2. The Labute approximate surface area is 81.6 Å². The van der Waals surface area contributed by atoms with Crippen LogP contribution in [0.1, 0.15) is 10.4 Å². The lowest BCUT2D eigenvalue weighted by atomic mass is 10.2. The summed E-state index contributed by atoms with van der Waals surface area (Å²) in [4.78, 5) is 10.3. The minimum Gasteiger partial charge on any atom is -0.435 e. The molecule has 0 aliphatic rings. The summed E-state index contributed by atoms with van der Waals surface area (Å²) >= 11 is 3.06. The minimum absolute atomic E-state index is 0.0357. The van der Waals surface area contributed by atoms with Gasteiger partial charge in [0.25, 0.3) is 0 Å². The first-order valence-electron chi connectivity index (χ1n) is 3.32. The van der Waals surface area contributed by atoms with Gasteiger partial charge in [0, 0.05) is 10.0 Å². The molecule has 0 amide bonds. The standard InChI is InChI=1S/C8H5BrF2O2/c9-6-1-5(4-12)2-7(3-6)13-8(10)11/h1-4,8H. The van der Waals surface area contributed by atoms with Gasteiger partial charge in [-0.25, -0.2) is 0 Å². The molecule has 0 saturated heterocycles. The molecule has 2 nitrogen and oxygen atoms in total. The summed E-state index contributed by atoms with van der Waals surface area (Å²) in [7, 11) is 0. The number of ether oxygens (including phenoxy) is 1. The molecular formula is C8H5BrF2O2. The van der Waals surface area contributed by atoms with Crippen LogP contribution < -0.4 is 4.74 Å². The van der Waals surface area contributed by atoms with Crippen LogP contribution in [-0.4, -0.2) is 12.9 Å². The Morgan fingerprint density at radius 1 is 1.38 bits per heavy atom. The molecule has 0 fully saturated rings. The van der Waals surface area contributed by atoms with Crippen molar-refractivity contribution in [2.24, 2.45) is 0 Å². The van der Waals surface area contributed by atoms with Crippen LogP contribution >= 0.6 is 15.9 Å². The second kappa shape index (κ2) is 4.32. The normalized spacial score (nSPS) is 10.2. The van der Waals surface area contributed by atoms with Gasteiger partial charge < -0.3 is 4.74 Å². The monoisotopic (exact) mass is 250 g/mol. The van der Waals surface area contributed by atoms with E-state index in [1.165, 1.54) is 18.2 Å². The molecule has 0 radical (unpaired) electrons. The van der Waals surface area contributed by atoms with Gasteiger partial charge in [0.15, 0.2) is 0 Å². The summed E-state index contributed by atoms with van der Waals surface area (Å²) in [6, 6.07) is 4.11. The molecule has 1 aromatic rings. The van der Waals surface area contributed by atoms with Crippen molar-refractivity contribution in [3.05, 3.63) is 28.2 Å². The maximum Gasteiger partial charge on any atom is 0.387 e. The maximum atomic E-state index is 11.8. The van der Waals surface area contributed by atoms with Gasteiger partial charge in [0.2, 0.25) is 0 Å². The number of halogens is 3. The average Bonchev–Trinajstić information content (AvgIpc) is 2.01. The summed E-state index contributed by atoms with van der Waals surface area (Å²) in [5.74, 6) is -0.0357. The number of aldehydes is 1. The fourth-order valence-corrected chi connectivity index (χ4v) is 1.31. The molecule has 0 atom stereocenters. The lowest BCUT2D eigenvalue weighted by Gasteiger charge is -2.04. The second-order valence-electron chi connectivity index (χ2n) is 2.22. The molecule has 0 saturated carbocycles. The molecule has 0 aliphatic heterocycles. The number of hydrogen-bond acceptors (Lipinski definition) is 2. The number of hydrogen-bond donors (Lipinski definition) is 0. The van der Waals surface area contributed by atoms with Crippen LogP contribution in [0.2, 0.25) is 0 Å². The molecular weight excluding hydrogens is 246 g/mol. The van der Waals surface area contributed by atoms with Crippen LogP contribution in [-0.2, 0) is 0 Å². The van der Waals surface area contributed by atoms with Gasteiger partial charge in [-0.15, -0.1) is 0 Å². The summed E-state index contributed by atoms with van der Waals surface area (Å²) in [6.45, 7) is -2.88. The second-order valence-corrected chi connectivity index (χ2v) is 3.13. The average molecular weight is 251 g/mol. The van der Waals surface area contributed by atoms with E-state index in [9.17, 15) is 13.6 Å². The third-order valence-corrected chi connectivity index (χ3v) is 1.71. The molecule has 0 heterocycles. The third-order valence-electron chi connectivity index (χ3n) is 1.25. The van der Waals surface area contributed by atoms with E-state index in [0.29, 0.717) is 10.8 Å². The van der Waals surface area contributed by atoms with Gasteiger partial charge >= 0.3 is 6.61 Å². The zero-order valence-electron chi connectivity index (χ0n) is 6.34. The predicted molar refractivity (Wildman–Crippen MR) is 46.2 cm³/mol. The van der Waals surface area contributed by atoms with E-state index in [2.05, 4.69) is 20.7 Å². The summed E-state index contributed by atoms with van der Waals surface area (Å²) in [5.41, 5.74) is 0.282. The highest BCUT2D eigenvalue weighted by molar-refractivity contribution is 9.10. The van der Waals surface area contributed by atoms with Gasteiger partial charge in [-0.3, -0.25) is 4.79 Å². The zero-order valence-corrected chi connectivity index (χ0v) is 7.92. The van der Waals surface area contributed by atoms with Crippen LogP contribution in [0.5, 0.6) is 5.75 Å². The van der Waals surface area contributed by atoms with E-state index in [-0.39, 0.29) is 11.3 Å². The molecule has 1 rings (SSSR count). The highest BCUT2D eigenvalue weighted by Gasteiger charge is 2.05. The molecule has 70 valence electrons. The minimum atomic E-state index is -2.88. The Balaban J connectivity index is 2.94. The Bertz CT molecular complexity index is 315. The van der Waals surface area contributed by atoms with Crippen molar-refractivity contribution >= 4 is 22.2 Å². The quantitative estimate of drug-likeness (QED) is 0.772. The van der Waals surface area contributed by atoms with Crippen molar-refractivity contribution in [2.45, 2.75) is 6.61 Å². The van der Waals surface area contributed by atoms with Gasteiger partial charge in [0.1, 0.15) is 12.0 Å². The summed E-state index contributed by atoms with van der Waals surface area (Å²) in [6.07, 6.45) is 0.559. The van der Waals surface area contributed by atoms with E-state index in [1.54, 1.807) is 0 Å². The molecule has 13 heavy (non-hydrogen) atoms. The van der Waals surface area contributed by atoms with Gasteiger partial charge in [-0.05, 0) is 18.2 Å². The molecule has 1 aromatic carbocycles. The molecule has 0 bridgehead atoms. The zero-order chi connectivity index (χ0) is 9.84. The van der Waals surface area contributed by atoms with Crippen molar-refractivity contribution in [3.63, 3.8) is 0 Å². The van der Waals surface area contributed by atoms with E-state index < -0.39 is 6.61 Å². The van der Waals surface area contributed by atoms with Gasteiger partial charge in [-0.1, -0.05) is 15.9 Å². The van der Waals surface area contributed by atoms with Gasteiger partial charge in [0.05, 0.1) is 0 Å². The largest absolute Gasteiger partial charge is 0.435 e. The maximum absolute atomic E-state index is 11.8. The first kappa shape index (κ1) is 10.1. The van der Waals surface area contributed by atoms with Crippen molar-refractivity contribution in [1.29, 1.82) is 0 Å². The Kier molecular flexibility index (Phi) is 3.36. The van der Waals surface area contributed by atoms with Crippen LogP contribution in [0, 0.1) is 0 Å². The molecule has 0 aliphatic carbocycles. The van der Waals surface area contributed by atoms with E-state index in [1.807, 2.05) is 0 Å². The van der Waals surface area contributed by atoms with Crippen LogP contribution in [0.4, 0.5) is 8.78 Å². The predicted octanol–water partition coefficient (Wildman–Crippen LogP) is 2.86. The van der Waals surface area contributed by atoms with Gasteiger partial charge in [-0.2, -0.15) is 8.78 Å². The van der Waals surface area contributed by atoms with Crippen molar-refractivity contribution in [2.75, 3.05) is 0 Å². The van der Waals surface area contributed by atoms with Crippen molar-refractivity contribution < 1.29 is 18.3 Å². The number of rotatable bonds is 3. The van der Waals surface area contributed by atoms with E-state index >= 15 is 0 Å². The Hall–Kier alpha value is -0.970. The van der Waals surface area contributed by atoms with Crippen LogP contribution in [0.3, 0.4) is 0 Å². The molecule has 0 unspecified atom stereocenters. The lowest BCUT2D eigenvalue weighted by molar-refractivity contribution is -0.0499. The highest BCUT2D eigenvalue weighted by atomic mass is 79.9. The Morgan fingerprint density at radius 2 is 2.08 bits per heavy atom. The summed E-state index contributed by atoms with van der Waals surface area (Å²) < 4.78 is 28.2. The summed E-state index contributed by atoms with van der Waals surface area (Å²) in [5, 5.41) is 0. The lowest BCUT2D eigenvalue weighted by Crippen LogP contribution is -2.02. The fourth-order valence-electron chi connectivity index (χ4n) is 0.823. The van der Waals surface area contributed by atoms with Crippen molar-refractivity contribution in [3.8, 4) is 5.75 Å². The first-order valence-corrected chi connectivity index (χ1v) is 4.11. The van der Waals surface area contributed by atoms with Crippen LogP contribution in [0.15, 0.2) is 22.7 Å². The number of carbonyl (C=O) groups is 1. The molecule has 0 aromatic heterocycles. The highest BCUT2D eigenvalue weighted by Crippen LogP contribution is 2.21. The number of benzene rings is 1. The topological polar surface area (TPSA) is 26.3 Å². The molecule has 5 heteroatoms. The SMILES string of the molecule is O=Cc1cc(Br)cc(OC(F)F)c1. The van der Waals surface area contributed by atoms with E-state index in [4.69, 9.17) is 0 Å². The third kappa shape index (κ3) is 3.10. The van der Waals surface area contributed by atoms with Crippen LogP contribution in [0.25, 0.3) is 0 Å². The number of carbonyl (C=O) groups excluding carboxylic acids is 1. The molecule has 0 spiro atoms. The van der Waals surface area contributed by atoms with E-state index in [0.717, 1.165) is 0 Å². The molecule has 0 N–H and O–H groups in total. The smallest absolute Gasteiger partial charge is 0.387 e. The first-order chi connectivity index (χ1) is 6.11. The van der Waals surface area contributed by atoms with Crippen molar-refractivity contribution in [1.82, 2.24) is 0 Å². The fraction of sp³-hybridized carbons (Fsp3) is 0.125.